The Kier molecular flexibility index (Phi) is 7.10. The predicted molar refractivity (Wildman–Crippen MR) is 106 cm³/mol. The van der Waals surface area contributed by atoms with Crippen LogP contribution in [0.3, 0.4) is 0 Å². The molecular formula is C20H29F3N4O3. The molecule has 3 rings (SSSR count). The molecule has 2 heterocycles. The van der Waals surface area contributed by atoms with Crippen LogP contribution in [0.25, 0.3) is 0 Å². The Morgan fingerprint density at radius 1 is 1.27 bits per heavy atom. The topological polar surface area (TPSA) is 77.1 Å². The first-order valence-electron chi connectivity index (χ1n) is 10.1. The van der Waals surface area contributed by atoms with E-state index in [1.807, 2.05) is 18.7 Å². The van der Waals surface area contributed by atoms with Gasteiger partial charge in [-0.05, 0) is 32.0 Å². The number of benzene rings is 1. The average Bonchev–Trinajstić information content (AvgIpc) is 3.01. The van der Waals surface area contributed by atoms with Crippen molar-refractivity contribution in [1.29, 1.82) is 0 Å². The Morgan fingerprint density at radius 2 is 1.97 bits per heavy atom. The van der Waals surface area contributed by atoms with Gasteiger partial charge in [-0.3, -0.25) is 4.90 Å². The average molecular weight is 430 g/mol. The third-order valence-corrected chi connectivity index (χ3v) is 5.37. The van der Waals surface area contributed by atoms with E-state index in [4.69, 9.17) is 4.74 Å². The van der Waals surface area contributed by atoms with Crippen molar-refractivity contribution in [3.8, 4) is 0 Å². The van der Waals surface area contributed by atoms with Crippen molar-refractivity contribution in [3.05, 3.63) is 29.8 Å². The minimum atomic E-state index is -4.36. The van der Waals surface area contributed by atoms with Crippen molar-refractivity contribution in [2.75, 3.05) is 44.2 Å². The summed E-state index contributed by atoms with van der Waals surface area (Å²) in [5, 5.41) is 15.9. The Morgan fingerprint density at radius 3 is 2.60 bits per heavy atom. The Labute approximate surface area is 174 Å². The van der Waals surface area contributed by atoms with Crippen LogP contribution >= 0.6 is 0 Å². The van der Waals surface area contributed by atoms with Crippen LogP contribution in [0.1, 0.15) is 19.4 Å². The van der Waals surface area contributed by atoms with Crippen molar-refractivity contribution in [2.24, 2.45) is 0 Å². The minimum Gasteiger partial charge on any atom is -0.388 e. The normalized spacial score (nSPS) is 25.6. The van der Waals surface area contributed by atoms with E-state index in [9.17, 15) is 23.1 Å². The second-order valence-electron chi connectivity index (χ2n) is 8.08. The molecule has 30 heavy (non-hydrogen) atoms. The molecule has 168 valence electrons. The number of alkyl halides is 3. The van der Waals surface area contributed by atoms with Crippen LogP contribution in [0.5, 0.6) is 0 Å². The number of aliphatic hydroxyl groups excluding tert-OH is 1. The number of ether oxygens (including phenoxy) is 1. The molecule has 7 nitrogen and oxygen atoms in total. The van der Waals surface area contributed by atoms with Crippen molar-refractivity contribution in [3.63, 3.8) is 0 Å². The second-order valence-corrected chi connectivity index (χ2v) is 8.08. The molecule has 2 aliphatic rings. The first-order valence-corrected chi connectivity index (χ1v) is 10.1. The fourth-order valence-electron chi connectivity index (χ4n) is 3.77. The molecule has 1 aromatic rings. The molecule has 0 saturated carbocycles. The van der Waals surface area contributed by atoms with E-state index in [1.165, 1.54) is 12.1 Å². The van der Waals surface area contributed by atoms with Crippen LogP contribution < -0.4 is 15.5 Å². The zero-order valence-electron chi connectivity index (χ0n) is 17.2. The van der Waals surface area contributed by atoms with Crippen LogP contribution in [0.4, 0.5) is 23.7 Å². The number of hydrogen-bond donors (Lipinski definition) is 3. The van der Waals surface area contributed by atoms with E-state index >= 15 is 0 Å². The van der Waals surface area contributed by atoms with E-state index in [-0.39, 0.29) is 18.7 Å². The summed E-state index contributed by atoms with van der Waals surface area (Å²) in [4.78, 5) is 15.9. The van der Waals surface area contributed by atoms with Crippen LogP contribution in [0.15, 0.2) is 24.3 Å². The van der Waals surface area contributed by atoms with Crippen molar-refractivity contribution in [1.82, 2.24) is 15.5 Å². The fraction of sp³-hybridized carbons (Fsp3) is 0.650. The van der Waals surface area contributed by atoms with E-state index < -0.39 is 30.0 Å². The maximum atomic E-state index is 12.9. The number of nitrogens with zero attached hydrogens (tertiary/aromatic N) is 2. The quantitative estimate of drug-likeness (QED) is 0.663. The highest BCUT2D eigenvalue weighted by atomic mass is 19.4. The fourth-order valence-corrected chi connectivity index (χ4v) is 3.77. The number of carbonyl (C=O) groups is 1. The van der Waals surface area contributed by atoms with Gasteiger partial charge in [0.15, 0.2) is 0 Å². The number of amides is 2. The molecule has 3 N–H and O–H groups in total. The minimum absolute atomic E-state index is 0.00613. The molecule has 2 fully saturated rings. The van der Waals surface area contributed by atoms with Gasteiger partial charge in [0.1, 0.15) is 6.10 Å². The van der Waals surface area contributed by atoms with Crippen molar-refractivity contribution < 1.29 is 27.8 Å². The van der Waals surface area contributed by atoms with Gasteiger partial charge in [0, 0.05) is 44.5 Å². The standard InChI is InChI=1S/C20H29F3N4O3/c1-13(2)24-19(29)25-16-12-30-17(18(16)28)11-26-6-8-27(9-7-26)15-5-3-4-14(10-15)20(21,22)23/h3-5,10,13,16-18,28H,6-9,11-12H2,1-2H3,(H2,24,25,29). The van der Waals surface area contributed by atoms with Gasteiger partial charge in [-0.25, -0.2) is 4.79 Å². The molecule has 0 radical (unpaired) electrons. The molecule has 3 atom stereocenters. The maximum Gasteiger partial charge on any atom is 0.416 e. The summed E-state index contributed by atoms with van der Waals surface area (Å²) >= 11 is 0. The predicted octanol–water partition coefficient (Wildman–Crippen LogP) is 1.66. The number of aliphatic hydroxyl groups is 1. The van der Waals surface area contributed by atoms with Gasteiger partial charge in [-0.15, -0.1) is 0 Å². The maximum absolute atomic E-state index is 12.9. The third kappa shape index (κ3) is 5.77. The van der Waals surface area contributed by atoms with E-state index in [1.54, 1.807) is 6.07 Å². The van der Waals surface area contributed by atoms with Gasteiger partial charge in [0.2, 0.25) is 0 Å². The zero-order chi connectivity index (χ0) is 21.9. The molecule has 0 spiro atoms. The number of hydrogen-bond acceptors (Lipinski definition) is 5. The van der Waals surface area contributed by atoms with E-state index in [0.717, 1.165) is 6.07 Å². The molecule has 3 unspecified atom stereocenters. The van der Waals surface area contributed by atoms with Gasteiger partial charge in [0.05, 0.1) is 24.3 Å². The third-order valence-electron chi connectivity index (χ3n) is 5.37. The van der Waals surface area contributed by atoms with Crippen molar-refractivity contribution in [2.45, 2.75) is 44.3 Å². The summed E-state index contributed by atoms with van der Waals surface area (Å²) in [5.41, 5.74) is -0.0907. The molecule has 2 amide bonds. The molecule has 0 aliphatic carbocycles. The number of carbonyl (C=O) groups excluding carboxylic acids is 1. The van der Waals surface area contributed by atoms with Crippen LogP contribution in [0, 0.1) is 0 Å². The summed E-state index contributed by atoms with van der Waals surface area (Å²) in [5.74, 6) is 0. The Balaban J connectivity index is 1.48. The van der Waals surface area contributed by atoms with E-state index in [2.05, 4.69) is 15.5 Å². The van der Waals surface area contributed by atoms with Crippen LogP contribution in [-0.2, 0) is 10.9 Å². The molecule has 10 heteroatoms. The lowest BCUT2D eigenvalue weighted by Crippen LogP contribution is -2.53. The van der Waals surface area contributed by atoms with Gasteiger partial charge in [-0.1, -0.05) is 6.07 Å². The highest BCUT2D eigenvalue weighted by Crippen LogP contribution is 2.32. The number of rotatable bonds is 5. The summed E-state index contributed by atoms with van der Waals surface area (Å²) in [7, 11) is 0. The summed E-state index contributed by atoms with van der Waals surface area (Å²) in [6.07, 6.45) is -5.59. The van der Waals surface area contributed by atoms with Crippen molar-refractivity contribution >= 4 is 11.7 Å². The number of nitrogens with one attached hydrogen (secondary N) is 2. The Bertz CT molecular complexity index is 723. The lowest BCUT2D eigenvalue weighted by atomic mass is 10.1. The SMILES string of the molecule is CC(C)NC(=O)NC1COC(CN2CCN(c3cccc(C(F)(F)F)c3)CC2)C1O. The molecule has 1 aromatic carbocycles. The van der Waals surface area contributed by atoms with Gasteiger partial charge in [-0.2, -0.15) is 13.2 Å². The highest BCUT2D eigenvalue weighted by Gasteiger charge is 2.38. The largest absolute Gasteiger partial charge is 0.416 e. The number of urea groups is 1. The van der Waals surface area contributed by atoms with Gasteiger partial charge >= 0.3 is 12.2 Å². The van der Waals surface area contributed by atoms with E-state index in [0.29, 0.717) is 38.4 Å². The lowest BCUT2D eigenvalue weighted by Gasteiger charge is -2.37. The first-order chi connectivity index (χ1) is 14.1. The highest BCUT2D eigenvalue weighted by molar-refractivity contribution is 5.74. The summed E-state index contributed by atoms with van der Waals surface area (Å²) in [6, 6.07) is 4.55. The monoisotopic (exact) mass is 430 g/mol. The summed E-state index contributed by atoms with van der Waals surface area (Å²) < 4.78 is 44.5. The number of halogens is 3. The second kappa shape index (κ2) is 9.40. The van der Waals surface area contributed by atoms with Gasteiger partial charge in [0.25, 0.3) is 0 Å². The first kappa shape index (κ1) is 22.6. The van der Waals surface area contributed by atoms with Crippen LogP contribution in [0.2, 0.25) is 0 Å². The zero-order valence-corrected chi connectivity index (χ0v) is 17.2. The molecule has 0 aromatic heterocycles. The van der Waals surface area contributed by atoms with Gasteiger partial charge < -0.3 is 25.4 Å². The number of piperazine rings is 1. The molecule has 2 aliphatic heterocycles. The molecule has 2 saturated heterocycles. The summed E-state index contributed by atoms with van der Waals surface area (Å²) in [6.45, 7) is 6.91. The number of anilines is 1. The molecule has 0 bridgehead atoms. The smallest absolute Gasteiger partial charge is 0.388 e. The Hall–Kier alpha value is -2.04. The van der Waals surface area contributed by atoms with Crippen LogP contribution in [-0.4, -0.2) is 79.7 Å². The lowest BCUT2D eigenvalue weighted by molar-refractivity contribution is -0.137. The molecular weight excluding hydrogens is 401 g/mol.